The van der Waals surface area contributed by atoms with Gasteiger partial charge in [0, 0.05) is 53.5 Å². The number of nitrogens with zero attached hydrogens (tertiary/aromatic N) is 3. The molecule has 6 nitrogen and oxygen atoms in total. The number of rotatable bonds is 4. The number of hydrogen-bond acceptors (Lipinski definition) is 4. The summed E-state index contributed by atoms with van der Waals surface area (Å²) in [6.07, 6.45) is 4.21. The van der Waals surface area contributed by atoms with Crippen LogP contribution in [-0.2, 0) is 11.8 Å². The monoisotopic (exact) mass is 374 g/mol. The molecule has 0 saturated carbocycles. The van der Waals surface area contributed by atoms with Crippen LogP contribution in [0, 0.1) is 12.8 Å². The van der Waals surface area contributed by atoms with Gasteiger partial charge in [-0.15, -0.1) is 11.3 Å². The fourth-order valence-electron chi connectivity index (χ4n) is 3.68. The Morgan fingerprint density at radius 1 is 1.42 bits per heavy atom. The highest BCUT2D eigenvalue weighted by molar-refractivity contribution is 7.10. The van der Waals surface area contributed by atoms with E-state index in [2.05, 4.69) is 10.4 Å². The lowest BCUT2D eigenvalue weighted by Gasteiger charge is -2.38. The van der Waals surface area contributed by atoms with Crippen LogP contribution in [0.3, 0.4) is 0 Å². The van der Waals surface area contributed by atoms with Crippen molar-refractivity contribution in [2.24, 2.45) is 13.0 Å². The summed E-state index contributed by atoms with van der Waals surface area (Å²) < 4.78 is 1.75. The first-order chi connectivity index (χ1) is 12.2. The van der Waals surface area contributed by atoms with Crippen molar-refractivity contribution in [3.63, 3.8) is 0 Å². The average Bonchev–Trinajstić information content (AvgIpc) is 3.22. The number of nitrogens with one attached hydrogen (secondary N) is 1. The molecule has 1 aliphatic heterocycles. The molecule has 0 aliphatic carbocycles. The molecular formula is C19H26N4O2S. The Kier molecular flexibility index (Phi) is 4.92. The summed E-state index contributed by atoms with van der Waals surface area (Å²) in [7, 11) is 1.87. The maximum atomic E-state index is 12.7. The maximum Gasteiger partial charge on any atom is 0.252 e. The number of aromatic nitrogens is 2. The van der Waals surface area contributed by atoms with Gasteiger partial charge in [-0.1, -0.05) is 0 Å². The van der Waals surface area contributed by atoms with Gasteiger partial charge in [0.2, 0.25) is 5.91 Å². The predicted octanol–water partition coefficient (Wildman–Crippen LogP) is 2.91. The van der Waals surface area contributed by atoms with E-state index < -0.39 is 0 Å². The van der Waals surface area contributed by atoms with E-state index in [1.54, 1.807) is 16.0 Å². The Balaban J connectivity index is 1.80. The molecule has 3 rings (SSSR count). The van der Waals surface area contributed by atoms with Gasteiger partial charge in [0.25, 0.3) is 5.91 Å². The number of carbonyl (C=O) groups is 2. The minimum Gasteiger partial charge on any atom is -0.352 e. The third-order valence-corrected chi connectivity index (χ3v) is 5.60. The first kappa shape index (κ1) is 18.6. The second kappa shape index (κ2) is 6.87. The molecule has 26 heavy (non-hydrogen) atoms. The van der Waals surface area contributed by atoms with Gasteiger partial charge in [0.1, 0.15) is 0 Å². The number of aryl methyl sites for hydroxylation is 2. The van der Waals surface area contributed by atoms with Gasteiger partial charge in [-0.2, -0.15) is 5.10 Å². The largest absolute Gasteiger partial charge is 0.352 e. The maximum absolute atomic E-state index is 12.7. The van der Waals surface area contributed by atoms with Crippen molar-refractivity contribution in [3.05, 3.63) is 39.8 Å². The zero-order chi connectivity index (χ0) is 19.1. The van der Waals surface area contributed by atoms with Crippen LogP contribution >= 0.6 is 11.3 Å². The van der Waals surface area contributed by atoms with E-state index in [-0.39, 0.29) is 29.3 Å². The van der Waals surface area contributed by atoms with Crippen LogP contribution in [0.15, 0.2) is 23.8 Å². The molecule has 1 saturated heterocycles. The molecule has 140 valence electrons. The van der Waals surface area contributed by atoms with Gasteiger partial charge in [0.15, 0.2) is 0 Å². The molecule has 1 fully saturated rings. The van der Waals surface area contributed by atoms with Gasteiger partial charge in [0.05, 0.1) is 17.8 Å². The lowest BCUT2D eigenvalue weighted by atomic mass is 9.93. The van der Waals surface area contributed by atoms with Crippen LogP contribution in [0.5, 0.6) is 0 Å². The second-order valence-corrected chi connectivity index (χ2v) is 9.06. The lowest BCUT2D eigenvalue weighted by molar-refractivity contribution is -0.133. The third kappa shape index (κ3) is 3.67. The van der Waals surface area contributed by atoms with E-state index in [1.165, 1.54) is 0 Å². The average molecular weight is 375 g/mol. The SMILES string of the molecule is Cc1cc(C(=O)NC[C@@H]2CC(=O)N(C(C)(C)C)[C@H]2c2cnn(C)c2)cs1. The molecule has 2 amide bonds. The molecule has 2 aromatic heterocycles. The summed E-state index contributed by atoms with van der Waals surface area (Å²) in [6, 6.07) is 1.81. The summed E-state index contributed by atoms with van der Waals surface area (Å²) >= 11 is 1.56. The Hall–Kier alpha value is -2.15. The van der Waals surface area contributed by atoms with Gasteiger partial charge >= 0.3 is 0 Å². The van der Waals surface area contributed by atoms with E-state index in [4.69, 9.17) is 0 Å². The van der Waals surface area contributed by atoms with Gasteiger partial charge in [-0.3, -0.25) is 14.3 Å². The molecule has 2 aromatic rings. The first-order valence-electron chi connectivity index (χ1n) is 8.81. The van der Waals surface area contributed by atoms with Crippen LogP contribution in [-0.4, -0.2) is 38.6 Å². The molecule has 1 N–H and O–H groups in total. The third-order valence-electron chi connectivity index (χ3n) is 4.74. The summed E-state index contributed by atoms with van der Waals surface area (Å²) in [5.41, 5.74) is 1.40. The molecular weight excluding hydrogens is 348 g/mol. The minimum atomic E-state index is -0.291. The quantitative estimate of drug-likeness (QED) is 0.895. The van der Waals surface area contributed by atoms with Gasteiger partial charge < -0.3 is 10.2 Å². The van der Waals surface area contributed by atoms with Crippen molar-refractivity contribution >= 4 is 23.2 Å². The standard InChI is InChI=1S/C19H26N4O2S/c1-12-6-14(11-26-12)18(25)20-8-13-7-16(24)23(19(2,3)4)17(13)15-9-21-22(5)10-15/h6,9-11,13,17H,7-8H2,1-5H3,(H,20,25)/t13-,17+/m0/s1. The van der Waals surface area contributed by atoms with E-state index in [9.17, 15) is 9.59 Å². The topological polar surface area (TPSA) is 67.2 Å². The summed E-state index contributed by atoms with van der Waals surface area (Å²) in [5.74, 6) is 0.0625. The molecule has 0 bridgehead atoms. The van der Waals surface area contributed by atoms with Gasteiger partial charge in [-0.25, -0.2) is 0 Å². The Bertz CT molecular complexity index is 818. The summed E-state index contributed by atoms with van der Waals surface area (Å²) in [4.78, 5) is 28.2. The van der Waals surface area contributed by atoms with Crippen molar-refractivity contribution < 1.29 is 9.59 Å². The fraction of sp³-hybridized carbons (Fsp3) is 0.526. The number of thiophene rings is 1. The van der Waals surface area contributed by atoms with Gasteiger partial charge in [-0.05, 0) is 33.8 Å². The minimum absolute atomic E-state index is 0.0228. The first-order valence-corrected chi connectivity index (χ1v) is 9.69. The highest BCUT2D eigenvalue weighted by Crippen LogP contribution is 2.42. The highest BCUT2D eigenvalue weighted by atomic mass is 32.1. The molecule has 0 radical (unpaired) electrons. The van der Waals surface area contributed by atoms with Crippen molar-refractivity contribution in [2.75, 3.05) is 6.54 Å². The summed E-state index contributed by atoms with van der Waals surface area (Å²) in [6.45, 7) is 8.58. The zero-order valence-electron chi connectivity index (χ0n) is 15.9. The zero-order valence-corrected chi connectivity index (χ0v) is 16.8. The summed E-state index contributed by atoms with van der Waals surface area (Å²) in [5, 5.41) is 9.16. The number of hydrogen-bond donors (Lipinski definition) is 1. The van der Waals surface area contributed by atoms with E-state index in [1.807, 2.05) is 63.5 Å². The molecule has 1 aliphatic rings. The van der Waals surface area contributed by atoms with E-state index >= 15 is 0 Å². The van der Waals surface area contributed by atoms with Crippen LogP contribution in [0.4, 0.5) is 0 Å². The Morgan fingerprint density at radius 3 is 2.69 bits per heavy atom. The molecule has 0 aromatic carbocycles. The second-order valence-electron chi connectivity index (χ2n) is 7.95. The van der Waals surface area contributed by atoms with Crippen LogP contribution in [0.1, 0.15) is 54.0 Å². The Morgan fingerprint density at radius 2 is 2.15 bits per heavy atom. The van der Waals surface area contributed by atoms with Crippen LogP contribution in [0.25, 0.3) is 0 Å². The number of amides is 2. The molecule has 3 heterocycles. The van der Waals surface area contributed by atoms with E-state index in [0.717, 1.165) is 10.4 Å². The van der Waals surface area contributed by atoms with Crippen molar-refractivity contribution in [1.29, 1.82) is 0 Å². The normalized spacial score (nSPS) is 20.7. The van der Waals surface area contributed by atoms with Crippen molar-refractivity contribution in [3.8, 4) is 0 Å². The molecule has 0 spiro atoms. The van der Waals surface area contributed by atoms with Crippen molar-refractivity contribution in [1.82, 2.24) is 20.0 Å². The van der Waals surface area contributed by atoms with Crippen LogP contribution < -0.4 is 5.32 Å². The lowest BCUT2D eigenvalue weighted by Crippen LogP contribution is -2.44. The highest BCUT2D eigenvalue weighted by Gasteiger charge is 2.45. The smallest absolute Gasteiger partial charge is 0.252 e. The molecule has 0 unspecified atom stereocenters. The fourth-order valence-corrected chi connectivity index (χ4v) is 4.36. The van der Waals surface area contributed by atoms with Crippen LogP contribution in [0.2, 0.25) is 0 Å². The Labute approximate surface area is 158 Å². The number of likely N-dealkylation sites (tertiary alicyclic amines) is 1. The predicted molar refractivity (Wildman–Crippen MR) is 102 cm³/mol. The molecule has 7 heteroatoms. The number of carbonyl (C=O) groups excluding carboxylic acids is 2. The molecule has 2 atom stereocenters. The van der Waals surface area contributed by atoms with Crippen molar-refractivity contribution in [2.45, 2.75) is 45.7 Å². The van der Waals surface area contributed by atoms with E-state index in [0.29, 0.717) is 18.5 Å².